The molecule has 0 aliphatic heterocycles. The first kappa shape index (κ1) is 11.4. The summed E-state index contributed by atoms with van der Waals surface area (Å²) in [7, 11) is 1.46. The summed E-state index contributed by atoms with van der Waals surface area (Å²) in [6.45, 7) is 4.00. The summed E-state index contributed by atoms with van der Waals surface area (Å²) in [6.07, 6.45) is 2.72. The number of ether oxygens (including phenoxy) is 1. The molecule has 0 aromatic carbocycles. The first-order valence-electron chi connectivity index (χ1n) is 3.96. The molecule has 4 nitrogen and oxygen atoms in total. The lowest BCUT2D eigenvalue weighted by Gasteiger charge is -1.98. The number of rotatable bonds is 2. The van der Waals surface area contributed by atoms with Crippen LogP contribution in [-0.4, -0.2) is 23.2 Å². The van der Waals surface area contributed by atoms with Crippen LogP contribution in [0.1, 0.15) is 24.2 Å². The van der Waals surface area contributed by atoms with Gasteiger partial charge >= 0.3 is 5.97 Å². The zero-order valence-electron chi connectivity index (χ0n) is 7.94. The summed E-state index contributed by atoms with van der Waals surface area (Å²) in [5.74, 6) is -0.554. The second-order valence-corrected chi connectivity index (χ2v) is 1.92. The molecule has 1 aromatic heterocycles. The number of carboxylic acid groups (broad SMARTS) is 1. The summed E-state index contributed by atoms with van der Waals surface area (Å²) in [4.78, 5) is 14.0. The Bertz CT molecular complexity index is 273. The topological polar surface area (TPSA) is 59.4 Å². The van der Waals surface area contributed by atoms with E-state index in [1.807, 2.05) is 13.8 Å². The molecule has 72 valence electrons. The zero-order valence-corrected chi connectivity index (χ0v) is 7.94. The van der Waals surface area contributed by atoms with Crippen molar-refractivity contribution in [3.05, 3.63) is 24.0 Å². The molecule has 0 bridgehead atoms. The molecule has 0 fully saturated rings. The van der Waals surface area contributed by atoms with Gasteiger partial charge < -0.3 is 9.84 Å². The van der Waals surface area contributed by atoms with E-state index in [1.165, 1.54) is 25.6 Å². The van der Waals surface area contributed by atoms with Gasteiger partial charge in [0.2, 0.25) is 0 Å². The fraction of sp³-hybridized carbons (Fsp3) is 0.333. The molecule has 1 aromatic rings. The van der Waals surface area contributed by atoms with Crippen LogP contribution in [0.2, 0.25) is 0 Å². The van der Waals surface area contributed by atoms with Gasteiger partial charge in [-0.1, -0.05) is 13.8 Å². The average Bonchev–Trinajstić information content (AvgIpc) is 2.21. The monoisotopic (exact) mass is 183 g/mol. The van der Waals surface area contributed by atoms with E-state index in [0.29, 0.717) is 5.75 Å². The smallest absolute Gasteiger partial charge is 0.337 e. The van der Waals surface area contributed by atoms with Crippen molar-refractivity contribution in [2.45, 2.75) is 13.8 Å². The molecule has 1 N–H and O–H groups in total. The van der Waals surface area contributed by atoms with Crippen LogP contribution in [0.4, 0.5) is 0 Å². The van der Waals surface area contributed by atoms with E-state index < -0.39 is 5.97 Å². The Morgan fingerprint density at radius 1 is 1.46 bits per heavy atom. The lowest BCUT2D eigenvalue weighted by molar-refractivity contribution is 0.0696. The lowest BCUT2D eigenvalue weighted by atomic mass is 10.3. The minimum atomic E-state index is -1.00. The fourth-order valence-electron chi connectivity index (χ4n) is 0.647. The molecule has 13 heavy (non-hydrogen) atoms. The lowest BCUT2D eigenvalue weighted by Crippen LogP contribution is -1.97. The molecule has 1 heterocycles. The van der Waals surface area contributed by atoms with Crippen LogP contribution in [-0.2, 0) is 0 Å². The molecule has 0 saturated carbocycles. The van der Waals surface area contributed by atoms with E-state index in [9.17, 15) is 4.79 Å². The van der Waals surface area contributed by atoms with Crippen molar-refractivity contribution in [1.29, 1.82) is 0 Å². The molecule has 0 amide bonds. The zero-order chi connectivity index (χ0) is 10.3. The number of hydrogen-bond acceptors (Lipinski definition) is 3. The number of hydrogen-bond donors (Lipinski definition) is 1. The minimum absolute atomic E-state index is 0.129. The van der Waals surface area contributed by atoms with Crippen LogP contribution in [0, 0.1) is 0 Å². The van der Waals surface area contributed by atoms with Crippen LogP contribution < -0.4 is 4.74 Å². The van der Waals surface area contributed by atoms with Crippen LogP contribution in [0.15, 0.2) is 18.5 Å². The summed E-state index contributed by atoms with van der Waals surface area (Å²) in [5.41, 5.74) is 0.129. The molecule has 0 radical (unpaired) electrons. The molecule has 0 aliphatic carbocycles. The third kappa shape index (κ3) is 3.55. The summed E-state index contributed by atoms with van der Waals surface area (Å²) in [5, 5.41) is 8.51. The normalized spacial score (nSPS) is 8.23. The minimum Gasteiger partial charge on any atom is -0.495 e. The van der Waals surface area contributed by atoms with E-state index in [-0.39, 0.29) is 5.56 Å². The van der Waals surface area contributed by atoms with Gasteiger partial charge in [-0.2, -0.15) is 0 Å². The number of aromatic carboxylic acids is 1. The van der Waals surface area contributed by atoms with Crippen LogP contribution >= 0.6 is 0 Å². The molecule has 0 saturated heterocycles. The van der Waals surface area contributed by atoms with Gasteiger partial charge in [0.05, 0.1) is 18.9 Å². The van der Waals surface area contributed by atoms with Gasteiger partial charge in [0.1, 0.15) is 5.75 Å². The van der Waals surface area contributed by atoms with Crippen LogP contribution in [0.25, 0.3) is 0 Å². The second kappa shape index (κ2) is 5.99. The first-order chi connectivity index (χ1) is 6.24. The van der Waals surface area contributed by atoms with Crippen molar-refractivity contribution in [2.75, 3.05) is 7.11 Å². The van der Waals surface area contributed by atoms with Crippen LogP contribution in [0.5, 0.6) is 5.75 Å². The Morgan fingerprint density at radius 3 is 2.54 bits per heavy atom. The van der Waals surface area contributed by atoms with E-state index in [0.717, 1.165) is 0 Å². The van der Waals surface area contributed by atoms with Gasteiger partial charge in [0.15, 0.2) is 0 Å². The fourth-order valence-corrected chi connectivity index (χ4v) is 0.647. The summed E-state index contributed by atoms with van der Waals surface area (Å²) in [6, 6.07) is 1.41. The Labute approximate surface area is 77.2 Å². The van der Waals surface area contributed by atoms with Gasteiger partial charge in [-0.15, -0.1) is 0 Å². The molecule has 0 spiro atoms. The highest BCUT2D eigenvalue weighted by Gasteiger charge is 2.02. The standard InChI is InChI=1S/C7H7NO3.C2H6/c1-11-6-2-5(7(9)10)3-8-4-6;1-2/h2-4H,1H3,(H,9,10);1-2H3. The van der Waals surface area contributed by atoms with Crippen molar-refractivity contribution in [1.82, 2.24) is 4.98 Å². The van der Waals surface area contributed by atoms with Gasteiger partial charge in [-0.3, -0.25) is 4.98 Å². The van der Waals surface area contributed by atoms with Gasteiger partial charge in [-0.25, -0.2) is 4.79 Å². The van der Waals surface area contributed by atoms with Crippen LogP contribution in [0.3, 0.4) is 0 Å². The third-order valence-electron chi connectivity index (χ3n) is 1.20. The first-order valence-corrected chi connectivity index (χ1v) is 3.96. The predicted octanol–water partition coefficient (Wildman–Crippen LogP) is 1.81. The highest BCUT2D eigenvalue weighted by atomic mass is 16.5. The van der Waals surface area contributed by atoms with Crippen molar-refractivity contribution in [2.24, 2.45) is 0 Å². The number of carbonyl (C=O) groups is 1. The molecule has 1 rings (SSSR count). The highest BCUT2D eigenvalue weighted by molar-refractivity contribution is 5.87. The predicted molar refractivity (Wildman–Crippen MR) is 49.1 cm³/mol. The Hall–Kier alpha value is -1.58. The van der Waals surface area contributed by atoms with Crippen molar-refractivity contribution < 1.29 is 14.6 Å². The molecule has 4 heteroatoms. The van der Waals surface area contributed by atoms with Crippen molar-refractivity contribution in [3.8, 4) is 5.75 Å². The summed E-state index contributed by atoms with van der Waals surface area (Å²) < 4.78 is 4.78. The SMILES string of the molecule is CC.COc1cncc(C(=O)O)c1. The average molecular weight is 183 g/mol. The van der Waals surface area contributed by atoms with E-state index in [2.05, 4.69) is 4.98 Å². The maximum atomic E-state index is 10.4. The van der Waals surface area contributed by atoms with E-state index >= 15 is 0 Å². The van der Waals surface area contributed by atoms with Crippen molar-refractivity contribution in [3.63, 3.8) is 0 Å². The molecular weight excluding hydrogens is 170 g/mol. The Kier molecular flexibility index (Phi) is 5.27. The molecule has 0 atom stereocenters. The Balaban J connectivity index is 0.000000671. The number of carboxylic acids is 1. The maximum absolute atomic E-state index is 10.4. The Morgan fingerprint density at radius 2 is 2.08 bits per heavy atom. The van der Waals surface area contributed by atoms with Gasteiger partial charge in [-0.05, 0) is 6.07 Å². The van der Waals surface area contributed by atoms with E-state index in [1.54, 1.807) is 0 Å². The number of pyridine rings is 1. The molecule has 0 unspecified atom stereocenters. The molecule has 0 aliphatic rings. The van der Waals surface area contributed by atoms with Gasteiger partial charge in [0.25, 0.3) is 0 Å². The highest BCUT2D eigenvalue weighted by Crippen LogP contribution is 2.09. The van der Waals surface area contributed by atoms with Crippen molar-refractivity contribution >= 4 is 5.97 Å². The summed E-state index contributed by atoms with van der Waals surface area (Å²) >= 11 is 0. The number of methoxy groups -OCH3 is 1. The largest absolute Gasteiger partial charge is 0.495 e. The quantitative estimate of drug-likeness (QED) is 0.759. The number of aromatic nitrogens is 1. The molecular formula is C9H13NO3. The maximum Gasteiger partial charge on any atom is 0.337 e. The number of nitrogens with zero attached hydrogens (tertiary/aromatic N) is 1. The van der Waals surface area contributed by atoms with Gasteiger partial charge in [0, 0.05) is 6.20 Å². The van der Waals surface area contributed by atoms with E-state index in [4.69, 9.17) is 9.84 Å². The third-order valence-corrected chi connectivity index (χ3v) is 1.20. The second-order valence-electron chi connectivity index (χ2n) is 1.92.